The normalized spacial score (nSPS) is 20.3. The molecular formula is C24H31FN4O2. The van der Waals surface area contributed by atoms with Gasteiger partial charge in [-0.25, -0.2) is 4.39 Å². The highest BCUT2D eigenvalue weighted by atomic mass is 19.1. The Morgan fingerprint density at radius 1 is 1.19 bits per heavy atom. The number of piperazine rings is 1. The summed E-state index contributed by atoms with van der Waals surface area (Å²) in [6, 6.07) is 12.8. The van der Waals surface area contributed by atoms with Crippen molar-refractivity contribution in [1.29, 1.82) is 0 Å². The molecular weight excluding hydrogens is 395 g/mol. The average molecular weight is 427 g/mol. The number of hydrogen-bond donors (Lipinski definition) is 1. The molecule has 1 saturated heterocycles. The molecule has 0 aromatic heterocycles. The Kier molecular flexibility index (Phi) is 6.32. The van der Waals surface area contributed by atoms with Crippen LogP contribution in [0.25, 0.3) is 0 Å². The van der Waals surface area contributed by atoms with Crippen molar-refractivity contribution in [2.24, 2.45) is 5.92 Å². The van der Waals surface area contributed by atoms with E-state index in [1.165, 1.54) is 17.7 Å². The van der Waals surface area contributed by atoms with Gasteiger partial charge in [0, 0.05) is 50.2 Å². The second kappa shape index (κ2) is 9.14. The fraction of sp³-hybridized carbons (Fsp3) is 0.458. The number of likely N-dealkylation sites (N-methyl/N-ethyl adjacent to an activating group) is 1. The van der Waals surface area contributed by atoms with Crippen molar-refractivity contribution < 1.29 is 13.9 Å². The second-order valence-corrected chi connectivity index (χ2v) is 8.58. The van der Waals surface area contributed by atoms with Gasteiger partial charge in [0.15, 0.2) is 0 Å². The molecule has 1 amide bonds. The molecule has 2 aliphatic rings. The number of anilines is 2. The maximum atomic E-state index is 13.4. The first-order valence-corrected chi connectivity index (χ1v) is 10.8. The van der Waals surface area contributed by atoms with Gasteiger partial charge in [0.25, 0.3) is 0 Å². The molecule has 2 atom stereocenters. The molecule has 2 heterocycles. The first-order chi connectivity index (χ1) is 15.0. The summed E-state index contributed by atoms with van der Waals surface area (Å²) in [6.45, 7) is 3.76. The molecule has 1 fully saturated rings. The summed E-state index contributed by atoms with van der Waals surface area (Å²) in [4.78, 5) is 19.9. The number of benzene rings is 2. The summed E-state index contributed by atoms with van der Waals surface area (Å²) in [5.74, 6) is 0.539. The number of amides is 1. The van der Waals surface area contributed by atoms with Crippen molar-refractivity contribution in [1.82, 2.24) is 10.2 Å². The average Bonchev–Trinajstić information content (AvgIpc) is 2.78. The van der Waals surface area contributed by atoms with Gasteiger partial charge >= 0.3 is 0 Å². The zero-order valence-electron chi connectivity index (χ0n) is 18.5. The van der Waals surface area contributed by atoms with Gasteiger partial charge < -0.3 is 24.8 Å². The topological polar surface area (TPSA) is 48.1 Å². The van der Waals surface area contributed by atoms with Crippen molar-refractivity contribution in [3.8, 4) is 5.75 Å². The number of nitrogens with one attached hydrogen (secondary N) is 1. The van der Waals surface area contributed by atoms with Crippen LogP contribution in [0.1, 0.15) is 5.56 Å². The number of methoxy groups -OCH3 is 1. The first kappa shape index (κ1) is 21.4. The Bertz CT molecular complexity index is 918. The minimum absolute atomic E-state index is 0.0396. The molecule has 0 radical (unpaired) electrons. The molecule has 0 spiro atoms. The highest BCUT2D eigenvalue weighted by Gasteiger charge is 2.41. The third kappa shape index (κ3) is 4.61. The molecule has 6 nitrogen and oxygen atoms in total. The van der Waals surface area contributed by atoms with Crippen LogP contribution < -0.4 is 19.9 Å². The van der Waals surface area contributed by atoms with Gasteiger partial charge in [-0.15, -0.1) is 0 Å². The number of fused-ring (bicyclic) bond motifs is 3. The van der Waals surface area contributed by atoms with Crippen molar-refractivity contribution in [2.45, 2.75) is 12.5 Å². The number of hydrogen-bond acceptors (Lipinski definition) is 5. The summed E-state index contributed by atoms with van der Waals surface area (Å²) in [5.41, 5.74) is 3.32. The van der Waals surface area contributed by atoms with Gasteiger partial charge in [-0.1, -0.05) is 6.07 Å². The van der Waals surface area contributed by atoms with Crippen LogP contribution >= 0.6 is 0 Å². The zero-order valence-corrected chi connectivity index (χ0v) is 18.5. The first-order valence-electron chi connectivity index (χ1n) is 10.8. The van der Waals surface area contributed by atoms with Gasteiger partial charge in [0.2, 0.25) is 5.91 Å². The van der Waals surface area contributed by atoms with Crippen LogP contribution in [0.4, 0.5) is 15.8 Å². The molecule has 1 N–H and O–H groups in total. The predicted octanol–water partition coefficient (Wildman–Crippen LogP) is 2.38. The summed E-state index contributed by atoms with van der Waals surface area (Å²) >= 11 is 0. The van der Waals surface area contributed by atoms with Gasteiger partial charge in [-0.2, -0.15) is 0 Å². The number of carbonyl (C=O) groups excluding carboxylic acids is 1. The van der Waals surface area contributed by atoms with Crippen molar-refractivity contribution >= 4 is 17.3 Å². The van der Waals surface area contributed by atoms with Gasteiger partial charge in [-0.3, -0.25) is 4.79 Å². The third-order valence-corrected chi connectivity index (χ3v) is 6.31. The van der Waals surface area contributed by atoms with Crippen LogP contribution in [0.2, 0.25) is 0 Å². The van der Waals surface area contributed by atoms with Crippen molar-refractivity contribution in [2.75, 3.05) is 63.7 Å². The maximum absolute atomic E-state index is 13.4. The van der Waals surface area contributed by atoms with Crippen LogP contribution in [0.5, 0.6) is 5.75 Å². The van der Waals surface area contributed by atoms with Crippen LogP contribution in [0, 0.1) is 11.7 Å². The third-order valence-electron chi connectivity index (χ3n) is 6.31. The fourth-order valence-electron chi connectivity index (χ4n) is 4.62. The maximum Gasteiger partial charge on any atom is 0.225 e. The van der Waals surface area contributed by atoms with Gasteiger partial charge in [0.05, 0.1) is 19.1 Å². The van der Waals surface area contributed by atoms with Crippen LogP contribution in [0.15, 0.2) is 42.5 Å². The molecule has 2 aromatic carbocycles. The van der Waals surface area contributed by atoms with E-state index in [4.69, 9.17) is 4.74 Å². The Balaban J connectivity index is 1.60. The highest BCUT2D eigenvalue weighted by Crippen LogP contribution is 2.38. The number of carbonyl (C=O) groups is 1. The van der Waals surface area contributed by atoms with Crippen molar-refractivity contribution in [3.63, 3.8) is 0 Å². The molecule has 0 bridgehead atoms. The summed E-state index contributed by atoms with van der Waals surface area (Å²) in [6.07, 6.45) is 0.700. The highest BCUT2D eigenvalue weighted by molar-refractivity contribution is 5.82. The quantitative estimate of drug-likeness (QED) is 0.769. The Hall–Kier alpha value is -2.80. The van der Waals surface area contributed by atoms with E-state index in [0.717, 1.165) is 36.8 Å². The number of halogens is 1. The largest absolute Gasteiger partial charge is 0.497 e. The Labute approximate surface area is 183 Å². The van der Waals surface area contributed by atoms with E-state index in [9.17, 15) is 9.18 Å². The molecule has 7 heteroatoms. The van der Waals surface area contributed by atoms with E-state index in [1.807, 2.05) is 32.3 Å². The van der Waals surface area contributed by atoms with Crippen molar-refractivity contribution in [3.05, 3.63) is 53.8 Å². The standard InChI is InChI=1S/C24H31FN4O2/c1-27(2)11-10-26-24(30)21-14-17-4-9-20(31-3)15-22(17)29-13-12-28(16-23(21)29)19-7-5-18(25)6-8-19/h4-9,15,21,23H,10-14,16H2,1-3H3,(H,26,30)/t21-,23-/m0/s1. The molecule has 0 saturated carbocycles. The molecule has 31 heavy (non-hydrogen) atoms. The lowest BCUT2D eigenvalue weighted by atomic mass is 9.83. The minimum atomic E-state index is -0.237. The SMILES string of the molecule is COc1ccc2c(c1)N1CCN(c3ccc(F)cc3)C[C@H]1[C@@H](C(=O)NCCN(C)C)C2. The van der Waals surface area contributed by atoms with Crippen LogP contribution in [-0.2, 0) is 11.2 Å². The molecule has 0 unspecified atom stereocenters. The minimum Gasteiger partial charge on any atom is -0.497 e. The van der Waals surface area contributed by atoms with E-state index in [2.05, 4.69) is 32.1 Å². The van der Waals surface area contributed by atoms with Crippen LogP contribution in [-0.4, -0.2) is 70.8 Å². The molecule has 4 rings (SSSR count). The molecule has 0 aliphatic carbocycles. The van der Waals surface area contributed by atoms with Gasteiger partial charge in [0.1, 0.15) is 11.6 Å². The predicted molar refractivity (Wildman–Crippen MR) is 121 cm³/mol. The summed E-state index contributed by atoms with van der Waals surface area (Å²) in [5, 5.41) is 3.13. The van der Waals surface area contributed by atoms with Gasteiger partial charge in [-0.05, 0) is 56.4 Å². The van der Waals surface area contributed by atoms with E-state index in [1.54, 1.807) is 7.11 Å². The summed E-state index contributed by atoms with van der Waals surface area (Å²) in [7, 11) is 5.68. The lowest BCUT2D eigenvalue weighted by Crippen LogP contribution is -2.61. The zero-order chi connectivity index (χ0) is 22.0. The van der Waals surface area contributed by atoms with E-state index in [0.29, 0.717) is 19.5 Å². The molecule has 2 aromatic rings. The Morgan fingerprint density at radius 2 is 1.97 bits per heavy atom. The van der Waals surface area contributed by atoms with E-state index < -0.39 is 0 Å². The number of rotatable bonds is 6. The second-order valence-electron chi connectivity index (χ2n) is 8.58. The lowest BCUT2D eigenvalue weighted by Gasteiger charge is -2.49. The number of nitrogens with zero attached hydrogens (tertiary/aromatic N) is 3. The van der Waals surface area contributed by atoms with E-state index >= 15 is 0 Å². The number of ether oxygens (including phenoxy) is 1. The Morgan fingerprint density at radius 3 is 2.68 bits per heavy atom. The smallest absolute Gasteiger partial charge is 0.225 e. The summed E-state index contributed by atoms with van der Waals surface area (Å²) < 4.78 is 18.9. The molecule has 166 valence electrons. The fourth-order valence-corrected chi connectivity index (χ4v) is 4.62. The van der Waals surface area contributed by atoms with Crippen LogP contribution in [0.3, 0.4) is 0 Å². The lowest BCUT2D eigenvalue weighted by molar-refractivity contribution is -0.125. The monoisotopic (exact) mass is 426 g/mol. The van der Waals surface area contributed by atoms with E-state index in [-0.39, 0.29) is 23.7 Å². The molecule has 2 aliphatic heterocycles.